The van der Waals surface area contributed by atoms with E-state index >= 15 is 0 Å². The molecule has 10 nitrogen and oxygen atoms in total. The maximum atomic E-state index is 12.5. The fourth-order valence-electron chi connectivity index (χ4n) is 3.54. The van der Waals surface area contributed by atoms with E-state index in [0.29, 0.717) is 55.7 Å². The van der Waals surface area contributed by atoms with Gasteiger partial charge in [0.15, 0.2) is 11.5 Å². The summed E-state index contributed by atoms with van der Waals surface area (Å²) in [7, 11) is 4.74. The number of methoxy groups -OCH3 is 3. The Labute approximate surface area is 180 Å². The Kier molecular flexibility index (Phi) is 7.14. The van der Waals surface area contributed by atoms with Gasteiger partial charge in [-0.1, -0.05) is 12.1 Å². The van der Waals surface area contributed by atoms with Crippen molar-refractivity contribution < 1.29 is 23.9 Å². The first-order valence-corrected chi connectivity index (χ1v) is 9.77. The summed E-state index contributed by atoms with van der Waals surface area (Å²) in [4.78, 5) is 26.9. The molecule has 1 heterocycles. The third-order valence-electron chi connectivity index (χ3n) is 5.15. The molecule has 0 aliphatic carbocycles. The molecular weight excluding hydrogens is 404 g/mol. The van der Waals surface area contributed by atoms with Crippen LogP contribution in [-0.4, -0.2) is 68.3 Å². The Morgan fingerprint density at radius 1 is 1.03 bits per heavy atom. The van der Waals surface area contributed by atoms with Gasteiger partial charge in [0, 0.05) is 56.1 Å². The van der Waals surface area contributed by atoms with Crippen molar-refractivity contribution in [2.75, 3.05) is 52.8 Å². The van der Waals surface area contributed by atoms with E-state index < -0.39 is 4.92 Å². The molecule has 0 unspecified atom stereocenters. The van der Waals surface area contributed by atoms with Crippen molar-refractivity contribution in [1.29, 1.82) is 0 Å². The minimum Gasteiger partial charge on any atom is -0.493 e. The molecule has 1 saturated heterocycles. The molecule has 0 atom stereocenters. The van der Waals surface area contributed by atoms with Gasteiger partial charge in [0.25, 0.3) is 5.69 Å². The zero-order chi connectivity index (χ0) is 22.4. The molecule has 0 aromatic heterocycles. The van der Waals surface area contributed by atoms with Gasteiger partial charge in [0.05, 0.1) is 26.3 Å². The summed E-state index contributed by atoms with van der Waals surface area (Å²) in [6.07, 6.45) is 0. The van der Waals surface area contributed by atoms with E-state index in [9.17, 15) is 14.9 Å². The normalized spacial score (nSPS) is 14.1. The van der Waals surface area contributed by atoms with E-state index in [0.717, 1.165) is 5.56 Å². The second-order valence-electron chi connectivity index (χ2n) is 6.99. The molecule has 166 valence electrons. The largest absolute Gasteiger partial charge is 0.493 e. The summed E-state index contributed by atoms with van der Waals surface area (Å²) < 4.78 is 16.3. The van der Waals surface area contributed by atoms with Crippen molar-refractivity contribution in [1.82, 2.24) is 9.80 Å². The van der Waals surface area contributed by atoms with Crippen LogP contribution in [0.2, 0.25) is 0 Å². The molecule has 10 heteroatoms. The van der Waals surface area contributed by atoms with Gasteiger partial charge in [0.1, 0.15) is 0 Å². The van der Waals surface area contributed by atoms with Crippen LogP contribution in [0.5, 0.6) is 17.2 Å². The van der Waals surface area contributed by atoms with Crippen molar-refractivity contribution in [3.63, 3.8) is 0 Å². The highest BCUT2D eigenvalue weighted by atomic mass is 16.6. The summed E-state index contributed by atoms with van der Waals surface area (Å²) in [6.45, 7) is 3.08. The van der Waals surface area contributed by atoms with E-state index in [2.05, 4.69) is 10.2 Å². The van der Waals surface area contributed by atoms with Crippen LogP contribution in [0.3, 0.4) is 0 Å². The number of non-ortho nitro benzene ring substituents is 1. The van der Waals surface area contributed by atoms with Crippen LogP contribution in [0.15, 0.2) is 36.4 Å². The lowest BCUT2D eigenvalue weighted by molar-refractivity contribution is -0.384. The van der Waals surface area contributed by atoms with E-state index in [4.69, 9.17) is 14.2 Å². The molecule has 0 radical (unpaired) electrons. The monoisotopic (exact) mass is 430 g/mol. The van der Waals surface area contributed by atoms with Gasteiger partial charge in [-0.15, -0.1) is 0 Å². The second kappa shape index (κ2) is 9.98. The fraction of sp³-hybridized carbons (Fsp3) is 0.381. The van der Waals surface area contributed by atoms with Crippen LogP contribution < -0.4 is 19.5 Å². The van der Waals surface area contributed by atoms with Gasteiger partial charge in [-0.25, -0.2) is 4.79 Å². The molecule has 2 amide bonds. The van der Waals surface area contributed by atoms with Gasteiger partial charge >= 0.3 is 6.03 Å². The summed E-state index contributed by atoms with van der Waals surface area (Å²) >= 11 is 0. The molecule has 31 heavy (non-hydrogen) atoms. The third-order valence-corrected chi connectivity index (χ3v) is 5.15. The van der Waals surface area contributed by atoms with Crippen LogP contribution in [0.1, 0.15) is 5.56 Å². The number of ether oxygens (including phenoxy) is 3. The zero-order valence-corrected chi connectivity index (χ0v) is 17.8. The van der Waals surface area contributed by atoms with Crippen molar-refractivity contribution in [2.24, 2.45) is 0 Å². The second-order valence-corrected chi connectivity index (χ2v) is 6.99. The maximum Gasteiger partial charge on any atom is 0.321 e. The zero-order valence-electron chi connectivity index (χ0n) is 17.8. The minimum atomic E-state index is -0.489. The third kappa shape index (κ3) is 5.15. The Balaban J connectivity index is 1.59. The lowest BCUT2D eigenvalue weighted by atomic mass is 10.1. The first-order chi connectivity index (χ1) is 15.0. The predicted octanol–water partition coefficient (Wildman–Crippen LogP) is 2.97. The number of nitrogens with zero attached hydrogens (tertiary/aromatic N) is 3. The van der Waals surface area contributed by atoms with Crippen molar-refractivity contribution >= 4 is 17.4 Å². The number of rotatable bonds is 7. The summed E-state index contributed by atoms with van der Waals surface area (Å²) in [5.74, 6) is 1.79. The Bertz CT molecular complexity index is 943. The maximum absolute atomic E-state index is 12.5. The molecule has 0 bridgehead atoms. The number of amides is 2. The van der Waals surface area contributed by atoms with Crippen molar-refractivity contribution in [3.8, 4) is 17.2 Å². The number of urea groups is 1. The SMILES string of the molecule is COc1ccc(CN2CCN(C(=O)Nc3cccc([N+](=O)[O-])c3)CC2)c(OC)c1OC. The number of hydrogen-bond acceptors (Lipinski definition) is 7. The van der Waals surface area contributed by atoms with Gasteiger partial charge in [0.2, 0.25) is 5.75 Å². The van der Waals surface area contributed by atoms with Crippen molar-refractivity contribution in [3.05, 3.63) is 52.1 Å². The molecule has 0 saturated carbocycles. The van der Waals surface area contributed by atoms with Crippen LogP contribution in [0.25, 0.3) is 0 Å². The average Bonchev–Trinajstić information content (AvgIpc) is 2.79. The number of piperazine rings is 1. The summed E-state index contributed by atoms with van der Waals surface area (Å²) in [6, 6.07) is 9.42. The Hall–Kier alpha value is -3.53. The smallest absolute Gasteiger partial charge is 0.321 e. The number of nitrogens with one attached hydrogen (secondary N) is 1. The van der Waals surface area contributed by atoms with Crippen LogP contribution >= 0.6 is 0 Å². The minimum absolute atomic E-state index is 0.0634. The first-order valence-electron chi connectivity index (χ1n) is 9.77. The molecule has 1 fully saturated rings. The number of hydrogen-bond donors (Lipinski definition) is 1. The van der Waals surface area contributed by atoms with Gasteiger partial charge in [-0.05, 0) is 12.1 Å². The van der Waals surface area contributed by atoms with Gasteiger partial charge in [-0.2, -0.15) is 0 Å². The molecule has 1 aliphatic heterocycles. The van der Waals surface area contributed by atoms with E-state index in [1.165, 1.54) is 12.1 Å². The topological polar surface area (TPSA) is 106 Å². The highest BCUT2D eigenvalue weighted by Crippen LogP contribution is 2.40. The summed E-state index contributed by atoms with van der Waals surface area (Å²) in [5.41, 5.74) is 1.30. The molecule has 1 aliphatic rings. The van der Waals surface area contributed by atoms with E-state index in [1.54, 1.807) is 38.4 Å². The number of anilines is 1. The number of nitro groups is 1. The lowest BCUT2D eigenvalue weighted by Gasteiger charge is -2.35. The Morgan fingerprint density at radius 2 is 1.74 bits per heavy atom. The Morgan fingerprint density at radius 3 is 2.35 bits per heavy atom. The fourth-order valence-corrected chi connectivity index (χ4v) is 3.54. The number of carbonyl (C=O) groups excluding carboxylic acids is 1. The van der Waals surface area contributed by atoms with Gasteiger partial charge < -0.3 is 24.4 Å². The number of nitro benzene ring substituents is 1. The lowest BCUT2D eigenvalue weighted by Crippen LogP contribution is -2.49. The molecule has 0 spiro atoms. The molecule has 1 N–H and O–H groups in total. The summed E-state index contributed by atoms with van der Waals surface area (Å²) in [5, 5.41) is 13.6. The van der Waals surface area contributed by atoms with E-state index in [-0.39, 0.29) is 11.7 Å². The number of carbonyl (C=O) groups is 1. The highest BCUT2D eigenvalue weighted by Gasteiger charge is 2.24. The molecule has 3 rings (SSSR count). The van der Waals surface area contributed by atoms with Crippen LogP contribution in [0.4, 0.5) is 16.2 Å². The van der Waals surface area contributed by atoms with Crippen molar-refractivity contribution in [2.45, 2.75) is 6.54 Å². The van der Waals surface area contributed by atoms with Crippen LogP contribution in [0, 0.1) is 10.1 Å². The molecular formula is C21H26N4O6. The molecule has 2 aromatic carbocycles. The highest BCUT2D eigenvalue weighted by molar-refractivity contribution is 5.89. The predicted molar refractivity (Wildman–Crippen MR) is 115 cm³/mol. The average molecular weight is 430 g/mol. The van der Waals surface area contributed by atoms with E-state index in [1.807, 2.05) is 12.1 Å². The standard InChI is InChI=1S/C21H26N4O6/c1-29-18-8-7-15(19(30-2)20(18)31-3)14-23-9-11-24(12-10-23)21(26)22-16-5-4-6-17(13-16)25(27)28/h4-8,13H,9-12,14H2,1-3H3,(H,22,26). The molecule has 2 aromatic rings. The van der Waals surface area contributed by atoms with Crippen LogP contribution in [-0.2, 0) is 6.54 Å². The van der Waals surface area contributed by atoms with Gasteiger partial charge in [-0.3, -0.25) is 15.0 Å². The first kappa shape index (κ1) is 22.2. The number of benzene rings is 2. The quantitative estimate of drug-likeness (QED) is 0.532.